The second kappa shape index (κ2) is 10.6. The Morgan fingerprint density at radius 3 is 2.83 bits per heavy atom. The normalized spacial score (nSPS) is 11.0. The van der Waals surface area contributed by atoms with Gasteiger partial charge < -0.3 is 5.32 Å². The Morgan fingerprint density at radius 2 is 2.03 bits per heavy atom. The number of benzene rings is 2. The number of hydrogen-bond acceptors (Lipinski definition) is 7. The Balaban J connectivity index is 1.39. The van der Waals surface area contributed by atoms with Crippen molar-refractivity contribution in [3.63, 3.8) is 0 Å². The van der Waals surface area contributed by atoms with Gasteiger partial charge in [0.25, 0.3) is 5.91 Å². The summed E-state index contributed by atoms with van der Waals surface area (Å²) < 4.78 is 15.8. The molecule has 0 bridgehead atoms. The highest BCUT2D eigenvalue weighted by Gasteiger charge is 2.19. The Kier molecular flexibility index (Phi) is 7.08. The van der Waals surface area contributed by atoms with Gasteiger partial charge in [-0.1, -0.05) is 41.6 Å². The van der Waals surface area contributed by atoms with Crippen molar-refractivity contribution in [2.75, 3.05) is 5.32 Å². The molecule has 180 valence electrons. The number of carbonyl (C=O) groups excluding carboxylic acids is 1. The molecule has 1 amide bonds. The van der Waals surface area contributed by atoms with Crippen molar-refractivity contribution in [1.29, 1.82) is 0 Å². The van der Waals surface area contributed by atoms with E-state index in [1.807, 2.05) is 41.8 Å². The average molecular weight is 537 g/mol. The fourth-order valence-corrected chi connectivity index (χ4v) is 5.35. The Morgan fingerprint density at radius 1 is 1.17 bits per heavy atom. The SMILES string of the molecule is Cc1ccc(Cl)cc1-n1c(SCc2nc(C(=O)Nc3ccccc3F)cs2)nnc1-c1cccnc1. The van der Waals surface area contributed by atoms with Gasteiger partial charge in [0.15, 0.2) is 11.0 Å². The van der Waals surface area contributed by atoms with Gasteiger partial charge in [0.2, 0.25) is 0 Å². The van der Waals surface area contributed by atoms with E-state index < -0.39 is 11.7 Å². The van der Waals surface area contributed by atoms with Crippen LogP contribution in [-0.4, -0.2) is 30.6 Å². The smallest absolute Gasteiger partial charge is 0.275 e. The summed E-state index contributed by atoms with van der Waals surface area (Å²) in [5, 5.41) is 15.0. The zero-order valence-corrected chi connectivity index (χ0v) is 21.2. The molecule has 0 aliphatic rings. The maximum Gasteiger partial charge on any atom is 0.275 e. The number of pyridine rings is 1. The minimum Gasteiger partial charge on any atom is -0.318 e. The number of aryl methyl sites for hydroxylation is 1. The summed E-state index contributed by atoms with van der Waals surface area (Å²) in [6.07, 6.45) is 3.43. The third-order valence-electron chi connectivity index (χ3n) is 5.20. The quantitative estimate of drug-likeness (QED) is 0.241. The van der Waals surface area contributed by atoms with Crippen LogP contribution in [0.1, 0.15) is 21.1 Å². The number of carbonyl (C=O) groups is 1. The molecule has 3 aromatic heterocycles. The maximum absolute atomic E-state index is 13.9. The Labute approximate surface area is 219 Å². The molecule has 0 saturated carbocycles. The predicted molar refractivity (Wildman–Crippen MR) is 140 cm³/mol. The van der Waals surface area contributed by atoms with Gasteiger partial charge in [0.05, 0.1) is 17.1 Å². The van der Waals surface area contributed by atoms with Crippen LogP contribution in [0.3, 0.4) is 0 Å². The van der Waals surface area contributed by atoms with Crippen LogP contribution >= 0.6 is 34.7 Å². The van der Waals surface area contributed by atoms with Crippen LogP contribution in [0.2, 0.25) is 5.02 Å². The van der Waals surface area contributed by atoms with Gasteiger partial charge in [-0.15, -0.1) is 21.5 Å². The van der Waals surface area contributed by atoms with E-state index in [-0.39, 0.29) is 11.4 Å². The van der Waals surface area contributed by atoms with Crippen molar-refractivity contribution >= 4 is 46.3 Å². The molecule has 11 heteroatoms. The molecule has 0 fully saturated rings. The molecular weight excluding hydrogens is 519 g/mol. The van der Waals surface area contributed by atoms with Crippen molar-refractivity contribution in [1.82, 2.24) is 24.7 Å². The summed E-state index contributed by atoms with van der Waals surface area (Å²) >= 11 is 9.10. The van der Waals surface area contributed by atoms with Gasteiger partial charge in [-0.3, -0.25) is 14.3 Å². The van der Waals surface area contributed by atoms with Gasteiger partial charge in [0, 0.05) is 28.4 Å². The van der Waals surface area contributed by atoms with Crippen LogP contribution < -0.4 is 5.32 Å². The number of nitrogens with one attached hydrogen (secondary N) is 1. The van der Waals surface area contributed by atoms with Crippen LogP contribution in [-0.2, 0) is 5.75 Å². The molecule has 5 aromatic rings. The first-order valence-corrected chi connectivity index (χ1v) is 13.0. The highest BCUT2D eigenvalue weighted by molar-refractivity contribution is 7.98. The highest BCUT2D eigenvalue weighted by atomic mass is 35.5. The maximum atomic E-state index is 13.9. The third kappa shape index (κ3) is 5.15. The van der Waals surface area contributed by atoms with E-state index in [9.17, 15) is 9.18 Å². The van der Waals surface area contributed by atoms with Crippen molar-refractivity contribution in [2.45, 2.75) is 17.8 Å². The first kappa shape index (κ1) is 24.1. The molecule has 3 heterocycles. The van der Waals surface area contributed by atoms with E-state index in [0.29, 0.717) is 21.8 Å². The van der Waals surface area contributed by atoms with Crippen molar-refractivity contribution in [3.05, 3.63) is 99.5 Å². The summed E-state index contributed by atoms with van der Waals surface area (Å²) in [6.45, 7) is 1.99. The molecule has 0 atom stereocenters. The Bertz CT molecular complexity index is 1540. The molecule has 7 nitrogen and oxygen atoms in total. The lowest BCUT2D eigenvalue weighted by Crippen LogP contribution is -2.13. The van der Waals surface area contributed by atoms with Gasteiger partial charge in [-0.25, -0.2) is 9.37 Å². The minimum absolute atomic E-state index is 0.111. The summed E-state index contributed by atoms with van der Waals surface area (Å²) in [5.74, 6) is 0.128. The van der Waals surface area contributed by atoms with E-state index in [1.165, 1.54) is 35.2 Å². The van der Waals surface area contributed by atoms with E-state index in [0.717, 1.165) is 21.8 Å². The summed E-state index contributed by atoms with van der Waals surface area (Å²) in [6, 6.07) is 15.4. The van der Waals surface area contributed by atoms with E-state index >= 15 is 0 Å². The van der Waals surface area contributed by atoms with Gasteiger partial charge in [0.1, 0.15) is 16.5 Å². The zero-order valence-electron chi connectivity index (χ0n) is 18.9. The van der Waals surface area contributed by atoms with E-state index in [1.54, 1.807) is 29.9 Å². The lowest BCUT2D eigenvalue weighted by molar-refractivity contribution is 0.102. The number of nitrogens with zero attached hydrogens (tertiary/aromatic N) is 5. The molecule has 0 radical (unpaired) electrons. The Hall–Kier alpha value is -3.60. The zero-order chi connectivity index (χ0) is 25.1. The molecular formula is C25H18ClFN6OS2. The fourth-order valence-electron chi connectivity index (χ4n) is 3.44. The number of aromatic nitrogens is 5. The van der Waals surface area contributed by atoms with Crippen molar-refractivity contribution in [2.24, 2.45) is 0 Å². The van der Waals surface area contributed by atoms with E-state index in [4.69, 9.17) is 11.6 Å². The van der Waals surface area contributed by atoms with Crippen LogP contribution in [0.4, 0.5) is 10.1 Å². The average Bonchev–Trinajstić information content (AvgIpc) is 3.53. The lowest BCUT2D eigenvalue weighted by Gasteiger charge is -2.13. The van der Waals surface area contributed by atoms with Crippen molar-refractivity contribution < 1.29 is 9.18 Å². The summed E-state index contributed by atoms with van der Waals surface area (Å²) in [5.41, 5.74) is 3.02. The number of para-hydroxylation sites is 1. The minimum atomic E-state index is -0.503. The van der Waals surface area contributed by atoms with Crippen molar-refractivity contribution in [3.8, 4) is 17.1 Å². The largest absolute Gasteiger partial charge is 0.318 e. The van der Waals surface area contributed by atoms with Crippen LogP contribution in [0.5, 0.6) is 0 Å². The number of hydrogen-bond donors (Lipinski definition) is 1. The molecule has 0 aliphatic carbocycles. The molecule has 0 unspecified atom stereocenters. The van der Waals surface area contributed by atoms with Gasteiger partial charge in [-0.2, -0.15) is 0 Å². The number of halogens is 2. The molecule has 2 aromatic carbocycles. The van der Waals surface area contributed by atoms with Crippen LogP contribution in [0.25, 0.3) is 17.1 Å². The second-order valence-corrected chi connectivity index (χ2v) is 9.98. The molecule has 0 spiro atoms. The second-order valence-electron chi connectivity index (χ2n) is 7.66. The first-order valence-electron chi connectivity index (χ1n) is 10.7. The monoisotopic (exact) mass is 536 g/mol. The molecule has 36 heavy (non-hydrogen) atoms. The third-order valence-corrected chi connectivity index (χ3v) is 7.40. The van der Waals surface area contributed by atoms with E-state index in [2.05, 4.69) is 25.5 Å². The number of thioether (sulfide) groups is 1. The summed E-state index contributed by atoms with van der Waals surface area (Å²) in [7, 11) is 0. The standard InChI is InChI=1S/C25H18ClFN6OS2/c1-15-8-9-17(26)11-21(15)33-23(16-5-4-10-28-12-16)31-32-25(33)36-14-22-29-20(13-35-22)24(34)30-19-7-3-2-6-18(19)27/h2-13H,14H2,1H3,(H,30,34). The predicted octanol–water partition coefficient (Wildman–Crippen LogP) is 6.43. The molecule has 0 saturated heterocycles. The first-order chi connectivity index (χ1) is 17.5. The summed E-state index contributed by atoms with van der Waals surface area (Å²) in [4.78, 5) is 21.2. The van der Waals surface area contributed by atoms with Gasteiger partial charge in [-0.05, 0) is 48.9 Å². The molecule has 0 aliphatic heterocycles. The molecule has 5 rings (SSSR count). The number of thiazole rings is 1. The number of amides is 1. The number of rotatable bonds is 7. The lowest BCUT2D eigenvalue weighted by atomic mass is 10.2. The molecule has 1 N–H and O–H groups in total. The fraction of sp³-hybridized carbons (Fsp3) is 0.0800. The van der Waals surface area contributed by atoms with Crippen LogP contribution in [0, 0.1) is 12.7 Å². The highest BCUT2D eigenvalue weighted by Crippen LogP contribution is 2.32. The number of anilines is 1. The van der Waals surface area contributed by atoms with Crippen LogP contribution in [0.15, 0.2) is 77.5 Å². The van der Waals surface area contributed by atoms with Gasteiger partial charge >= 0.3 is 0 Å². The topological polar surface area (TPSA) is 85.6 Å².